The Kier molecular flexibility index (Phi) is 4.75. The van der Waals surface area contributed by atoms with Crippen molar-refractivity contribution in [1.29, 1.82) is 0 Å². The van der Waals surface area contributed by atoms with E-state index in [9.17, 15) is 20.1 Å². The van der Waals surface area contributed by atoms with Gasteiger partial charge in [0.1, 0.15) is 22.8 Å². The van der Waals surface area contributed by atoms with Crippen molar-refractivity contribution < 1.29 is 29.6 Å². The van der Waals surface area contributed by atoms with Crippen LogP contribution < -0.4 is 9.47 Å². The highest BCUT2D eigenvalue weighted by Crippen LogP contribution is 2.33. The van der Waals surface area contributed by atoms with Gasteiger partial charge in [0, 0.05) is 12.1 Å². The minimum Gasteiger partial charge on any atom is -0.508 e. The number of ether oxygens (including phenoxy) is 2. The summed E-state index contributed by atoms with van der Waals surface area (Å²) in [7, 11) is 2.77. The van der Waals surface area contributed by atoms with Crippen LogP contribution in [0.25, 0.3) is 6.08 Å². The molecule has 0 fully saturated rings. The van der Waals surface area contributed by atoms with E-state index in [0.29, 0.717) is 11.3 Å². The third-order valence-electron chi connectivity index (χ3n) is 3.16. The first-order chi connectivity index (χ1) is 11.0. The van der Waals surface area contributed by atoms with Crippen LogP contribution in [0.3, 0.4) is 0 Å². The van der Waals surface area contributed by atoms with Crippen molar-refractivity contribution in [2.24, 2.45) is 0 Å². The lowest BCUT2D eigenvalue weighted by Crippen LogP contribution is -1.99. The number of hydrogen-bond acceptors (Lipinski definition) is 6. The quantitative estimate of drug-likeness (QED) is 0.580. The molecule has 2 rings (SSSR count). The van der Waals surface area contributed by atoms with Gasteiger partial charge in [-0.15, -0.1) is 0 Å². The number of hydrogen-bond donors (Lipinski definition) is 3. The molecule has 0 aliphatic heterocycles. The summed E-state index contributed by atoms with van der Waals surface area (Å²) in [5.41, 5.74) is 0.521. The molecule has 0 spiro atoms. The zero-order valence-corrected chi connectivity index (χ0v) is 12.6. The van der Waals surface area contributed by atoms with E-state index in [1.165, 1.54) is 38.5 Å². The maximum absolute atomic E-state index is 12.2. The number of aromatic hydroxyl groups is 3. The molecule has 2 aromatic rings. The fraction of sp³-hybridized carbons (Fsp3) is 0.118. The number of rotatable bonds is 5. The lowest BCUT2D eigenvalue weighted by Gasteiger charge is -2.08. The van der Waals surface area contributed by atoms with Crippen LogP contribution in [0.5, 0.6) is 28.7 Å². The van der Waals surface area contributed by atoms with Crippen LogP contribution in [0.15, 0.2) is 36.4 Å². The molecule has 6 heteroatoms. The number of phenolic OH excluding ortho intramolecular Hbond substituents is 3. The molecule has 0 bridgehead atoms. The van der Waals surface area contributed by atoms with Crippen LogP contribution in [-0.2, 0) is 0 Å². The predicted octanol–water partition coefficient (Wildman–Crippen LogP) is 2.72. The van der Waals surface area contributed by atoms with Crippen molar-refractivity contribution in [2.75, 3.05) is 14.2 Å². The molecule has 0 amide bonds. The van der Waals surface area contributed by atoms with Gasteiger partial charge in [-0.1, -0.05) is 12.1 Å². The molecule has 0 saturated carbocycles. The Hall–Kier alpha value is -3.15. The third kappa shape index (κ3) is 3.55. The van der Waals surface area contributed by atoms with Crippen LogP contribution >= 0.6 is 0 Å². The van der Waals surface area contributed by atoms with Crippen LogP contribution in [0.2, 0.25) is 0 Å². The highest BCUT2D eigenvalue weighted by molar-refractivity contribution is 6.10. The zero-order valence-electron chi connectivity index (χ0n) is 12.6. The van der Waals surface area contributed by atoms with Crippen molar-refractivity contribution in [3.63, 3.8) is 0 Å². The molecule has 120 valence electrons. The van der Waals surface area contributed by atoms with Gasteiger partial charge < -0.3 is 24.8 Å². The minimum atomic E-state index is -0.505. The van der Waals surface area contributed by atoms with Crippen molar-refractivity contribution in [3.8, 4) is 28.7 Å². The maximum Gasteiger partial charge on any atom is 0.193 e. The Morgan fingerprint density at radius 1 is 0.957 bits per heavy atom. The first-order valence-electron chi connectivity index (χ1n) is 6.65. The SMILES string of the molecule is COc1ccc(/C=C/C(=O)c2c(O)cc(O)cc2OC)cc1O. The van der Waals surface area contributed by atoms with Crippen molar-refractivity contribution in [3.05, 3.63) is 47.5 Å². The Labute approximate surface area is 132 Å². The second kappa shape index (κ2) is 6.74. The fourth-order valence-electron chi connectivity index (χ4n) is 2.06. The standard InChI is InChI=1S/C17H16O6/c1-22-15-6-4-10(7-13(15)20)3-5-12(19)17-14(21)8-11(18)9-16(17)23-2/h3-9,18,20-21H,1-2H3/b5-3+. The molecule has 0 heterocycles. The smallest absolute Gasteiger partial charge is 0.193 e. The summed E-state index contributed by atoms with van der Waals surface area (Å²) in [6.45, 7) is 0. The average molecular weight is 316 g/mol. The number of phenols is 3. The van der Waals surface area contributed by atoms with Crippen LogP contribution in [0.1, 0.15) is 15.9 Å². The van der Waals surface area contributed by atoms with Gasteiger partial charge in [0.15, 0.2) is 17.3 Å². The third-order valence-corrected chi connectivity index (χ3v) is 3.16. The highest BCUT2D eigenvalue weighted by Gasteiger charge is 2.16. The molecule has 6 nitrogen and oxygen atoms in total. The number of methoxy groups -OCH3 is 2. The predicted molar refractivity (Wildman–Crippen MR) is 84.3 cm³/mol. The van der Waals surface area contributed by atoms with E-state index in [0.717, 1.165) is 6.07 Å². The van der Waals surface area contributed by atoms with E-state index >= 15 is 0 Å². The lowest BCUT2D eigenvalue weighted by atomic mass is 10.1. The molecular weight excluding hydrogens is 300 g/mol. The van der Waals surface area contributed by atoms with Crippen molar-refractivity contribution >= 4 is 11.9 Å². The Bertz CT molecular complexity index is 764. The van der Waals surface area contributed by atoms with Crippen LogP contribution in [0.4, 0.5) is 0 Å². The van der Waals surface area contributed by atoms with Crippen LogP contribution in [-0.4, -0.2) is 35.3 Å². The summed E-state index contributed by atoms with van der Waals surface area (Å²) < 4.78 is 9.94. The van der Waals surface area contributed by atoms with Gasteiger partial charge >= 0.3 is 0 Å². The summed E-state index contributed by atoms with van der Waals surface area (Å²) in [6, 6.07) is 6.97. The van der Waals surface area contributed by atoms with Gasteiger partial charge in [-0.05, 0) is 23.8 Å². The lowest BCUT2D eigenvalue weighted by molar-refractivity contribution is 0.104. The minimum absolute atomic E-state index is 0.0489. The molecule has 0 radical (unpaired) electrons. The summed E-state index contributed by atoms with van der Waals surface area (Å²) in [6.07, 6.45) is 2.71. The number of ketones is 1. The molecule has 0 aromatic heterocycles. The van der Waals surface area contributed by atoms with E-state index in [2.05, 4.69) is 0 Å². The van der Waals surface area contributed by atoms with E-state index in [1.807, 2.05) is 0 Å². The van der Waals surface area contributed by atoms with Gasteiger partial charge in [-0.25, -0.2) is 0 Å². The largest absolute Gasteiger partial charge is 0.508 e. The second-order valence-corrected chi connectivity index (χ2v) is 4.67. The molecule has 0 aliphatic carbocycles. The second-order valence-electron chi connectivity index (χ2n) is 4.67. The van der Waals surface area contributed by atoms with Crippen molar-refractivity contribution in [2.45, 2.75) is 0 Å². The summed E-state index contributed by atoms with van der Waals surface area (Å²) in [5.74, 6) is -0.753. The average Bonchev–Trinajstić information content (AvgIpc) is 2.51. The van der Waals surface area contributed by atoms with E-state index < -0.39 is 5.78 Å². The number of carbonyl (C=O) groups is 1. The van der Waals surface area contributed by atoms with E-state index in [1.54, 1.807) is 12.1 Å². The van der Waals surface area contributed by atoms with Crippen LogP contribution in [0, 0.1) is 0 Å². The first kappa shape index (κ1) is 16.2. The fourth-order valence-corrected chi connectivity index (χ4v) is 2.06. The molecule has 0 saturated heterocycles. The van der Waals surface area contributed by atoms with Gasteiger partial charge in [-0.2, -0.15) is 0 Å². The first-order valence-corrected chi connectivity index (χ1v) is 6.65. The summed E-state index contributed by atoms with van der Waals surface area (Å²) in [5, 5.41) is 28.9. The normalized spacial score (nSPS) is 10.7. The molecule has 0 unspecified atom stereocenters. The molecule has 0 atom stereocenters. The number of allylic oxidation sites excluding steroid dienone is 1. The summed E-state index contributed by atoms with van der Waals surface area (Å²) in [4.78, 5) is 12.2. The topological polar surface area (TPSA) is 96.2 Å². The van der Waals surface area contributed by atoms with E-state index in [4.69, 9.17) is 9.47 Å². The highest BCUT2D eigenvalue weighted by atomic mass is 16.5. The van der Waals surface area contributed by atoms with Crippen molar-refractivity contribution in [1.82, 2.24) is 0 Å². The Morgan fingerprint density at radius 3 is 2.26 bits per heavy atom. The van der Waals surface area contributed by atoms with Gasteiger partial charge in [0.05, 0.1) is 14.2 Å². The van der Waals surface area contributed by atoms with E-state index in [-0.39, 0.29) is 28.6 Å². The van der Waals surface area contributed by atoms with Gasteiger partial charge in [0.2, 0.25) is 0 Å². The summed E-state index contributed by atoms with van der Waals surface area (Å²) >= 11 is 0. The maximum atomic E-state index is 12.2. The monoisotopic (exact) mass is 316 g/mol. The molecule has 3 N–H and O–H groups in total. The Balaban J connectivity index is 2.30. The van der Waals surface area contributed by atoms with Gasteiger partial charge in [-0.3, -0.25) is 4.79 Å². The Morgan fingerprint density at radius 2 is 1.65 bits per heavy atom. The molecule has 2 aromatic carbocycles. The number of carbonyl (C=O) groups excluding carboxylic acids is 1. The zero-order chi connectivity index (χ0) is 17.0. The van der Waals surface area contributed by atoms with Gasteiger partial charge in [0.25, 0.3) is 0 Å². The number of benzene rings is 2. The molecular formula is C17H16O6. The molecule has 0 aliphatic rings. The molecule has 23 heavy (non-hydrogen) atoms.